The van der Waals surface area contributed by atoms with Crippen LogP contribution in [0, 0.1) is 11.7 Å². The summed E-state index contributed by atoms with van der Waals surface area (Å²) < 4.78 is 12.8. The number of halogens is 1. The number of nitrogens with one attached hydrogen (secondary N) is 2. The highest BCUT2D eigenvalue weighted by atomic mass is 19.1. The van der Waals surface area contributed by atoms with E-state index in [4.69, 9.17) is 0 Å². The Balaban J connectivity index is 1.40. The van der Waals surface area contributed by atoms with Crippen LogP contribution in [0.1, 0.15) is 25.7 Å². The molecule has 1 saturated heterocycles. The molecular weight excluding hydrogens is 297 g/mol. The predicted octanol–water partition coefficient (Wildman–Crippen LogP) is 1.75. The predicted molar refractivity (Wildman–Crippen MR) is 85.4 cm³/mol. The lowest BCUT2D eigenvalue weighted by atomic mass is 9.96. The van der Waals surface area contributed by atoms with E-state index in [2.05, 4.69) is 15.5 Å². The first-order valence-electron chi connectivity index (χ1n) is 8.18. The highest BCUT2D eigenvalue weighted by Crippen LogP contribution is 2.22. The van der Waals surface area contributed by atoms with Gasteiger partial charge in [0.25, 0.3) is 0 Å². The van der Waals surface area contributed by atoms with Crippen molar-refractivity contribution in [3.8, 4) is 0 Å². The summed E-state index contributed by atoms with van der Waals surface area (Å²) in [5, 5.41) is 5.81. The molecule has 23 heavy (non-hydrogen) atoms. The number of likely N-dealkylation sites (tertiary alicyclic amines) is 1. The van der Waals surface area contributed by atoms with Gasteiger partial charge in [0.15, 0.2) is 0 Å². The standard InChI is InChI=1S/C17H22FN3O2/c18-13-1-3-14(4-2-13)19-16(22)11-21-9-7-12(8-10-21)17(23)20-15-5-6-15/h1-4,12,15H,5-11H2,(H,19,22)(H,20,23). The van der Waals surface area contributed by atoms with Gasteiger partial charge in [0, 0.05) is 17.6 Å². The van der Waals surface area contributed by atoms with Crippen molar-refractivity contribution in [2.75, 3.05) is 25.0 Å². The second-order valence-corrected chi connectivity index (χ2v) is 6.39. The van der Waals surface area contributed by atoms with E-state index in [1.54, 1.807) is 12.1 Å². The number of hydrogen-bond acceptors (Lipinski definition) is 3. The van der Waals surface area contributed by atoms with Gasteiger partial charge in [-0.05, 0) is 63.0 Å². The Labute approximate surface area is 135 Å². The average molecular weight is 319 g/mol. The third kappa shape index (κ3) is 4.76. The van der Waals surface area contributed by atoms with Crippen LogP contribution in [0.15, 0.2) is 24.3 Å². The topological polar surface area (TPSA) is 61.4 Å². The average Bonchev–Trinajstić information content (AvgIpc) is 3.34. The van der Waals surface area contributed by atoms with Crippen molar-refractivity contribution in [3.05, 3.63) is 30.1 Å². The zero-order valence-corrected chi connectivity index (χ0v) is 13.1. The molecule has 1 aliphatic carbocycles. The van der Waals surface area contributed by atoms with Gasteiger partial charge in [-0.3, -0.25) is 14.5 Å². The molecule has 0 radical (unpaired) electrons. The molecule has 2 amide bonds. The number of anilines is 1. The molecule has 1 aliphatic heterocycles. The summed E-state index contributed by atoms with van der Waals surface area (Å²) in [4.78, 5) is 26.1. The zero-order chi connectivity index (χ0) is 16.2. The Morgan fingerprint density at radius 3 is 2.35 bits per heavy atom. The molecule has 5 nitrogen and oxygen atoms in total. The van der Waals surface area contributed by atoms with Crippen molar-refractivity contribution >= 4 is 17.5 Å². The summed E-state index contributed by atoms with van der Waals surface area (Å²) in [6.07, 6.45) is 3.80. The first kappa shape index (κ1) is 15.9. The minimum atomic E-state index is -0.324. The maximum atomic E-state index is 12.8. The van der Waals surface area contributed by atoms with Gasteiger partial charge in [-0.25, -0.2) is 4.39 Å². The lowest BCUT2D eigenvalue weighted by Crippen LogP contribution is -2.43. The fraction of sp³-hybridized carbons (Fsp3) is 0.529. The molecule has 0 bridgehead atoms. The van der Waals surface area contributed by atoms with E-state index in [0.29, 0.717) is 18.3 Å². The van der Waals surface area contributed by atoms with E-state index >= 15 is 0 Å². The molecule has 2 aliphatic rings. The van der Waals surface area contributed by atoms with E-state index in [1.807, 2.05) is 0 Å². The van der Waals surface area contributed by atoms with Crippen LogP contribution in [0.25, 0.3) is 0 Å². The molecule has 6 heteroatoms. The van der Waals surface area contributed by atoms with Gasteiger partial charge in [-0.2, -0.15) is 0 Å². The quantitative estimate of drug-likeness (QED) is 0.869. The SMILES string of the molecule is O=C(CN1CCC(C(=O)NC2CC2)CC1)Nc1ccc(F)cc1. The van der Waals surface area contributed by atoms with Crippen molar-refractivity contribution in [3.63, 3.8) is 0 Å². The summed E-state index contributed by atoms with van der Waals surface area (Å²) in [6, 6.07) is 6.13. The van der Waals surface area contributed by atoms with Crippen molar-refractivity contribution < 1.29 is 14.0 Å². The van der Waals surface area contributed by atoms with E-state index in [-0.39, 0.29) is 23.5 Å². The number of piperidine rings is 1. The minimum Gasteiger partial charge on any atom is -0.353 e. The Bertz CT molecular complexity index is 564. The molecule has 0 aromatic heterocycles. The van der Waals surface area contributed by atoms with Gasteiger partial charge in [-0.15, -0.1) is 0 Å². The zero-order valence-electron chi connectivity index (χ0n) is 13.1. The van der Waals surface area contributed by atoms with E-state index in [0.717, 1.165) is 38.8 Å². The van der Waals surface area contributed by atoms with Gasteiger partial charge in [0.2, 0.25) is 11.8 Å². The van der Waals surface area contributed by atoms with Crippen molar-refractivity contribution in [2.24, 2.45) is 5.92 Å². The minimum absolute atomic E-state index is 0.0759. The highest BCUT2D eigenvalue weighted by Gasteiger charge is 2.30. The summed E-state index contributed by atoms with van der Waals surface area (Å²) in [7, 11) is 0. The second-order valence-electron chi connectivity index (χ2n) is 6.39. The van der Waals surface area contributed by atoms with Gasteiger partial charge in [0.1, 0.15) is 5.82 Å². The number of carbonyl (C=O) groups is 2. The van der Waals surface area contributed by atoms with Crippen molar-refractivity contribution in [1.29, 1.82) is 0 Å². The highest BCUT2D eigenvalue weighted by molar-refractivity contribution is 5.92. The van der Waals surface area contributed by atoms with Crippen LogP contribution in [-0.4, -0.2) is 42.4 Å². The fourth-order valence-corrected chi connectivity index (χ4v) is 2.84. The third-order valence-corrected chi connectivity index (χ3v) is 4.38. The fourth-order valence-electron chi connectivity index (χ4n) is 2.84. The molecule has 2 N–H and O–H groups in total. The smallest absolute Gasteiger partial charge is 0.238 e. The molecule has 3 rings (SSSR count). The second kappa shape index (κ2) is 7.08. The molecule has 0 atom stereocenters. The van der Waals surface area contributed by atoms with Crippen molar-refractivity contribution in [2.45, 2.75) is 31.7 Å². The Morgan fingerprint density at radius 2 is 1.74 bits per heavy atom. The van der Waals surface area contributed by atoms with E-state index < -0.39 is 0 Å². The number of hydrogen-bond donors (Lipinski definition) is 2. The third-order valence-electron chi connectivity index (χ3n) is 4.38. The van der Waals surface area contributed by atoms with Gasteiger partial charge in [0.05, 0.1) is 6.54 Å². The number of carbonyl (C=O) groups excluding carboxylic acids is 2. The maximum absolute atomic E-state index is 12.8. The molecule has 0 spiro atoms. The Hall–Kier alpha value is -1.95. The first-order chi connectivity index (χ1) is 11.1. The largest absolute Gasteiger partial charge is 0.353 e. The van der Waals surface area contributed by atoms with Crippen LogP contribution in [0.4, 0.5) is 10.1 Å². The molecule has 0 unspecified atom stereocenters. The molecule has 124 valence electrons. The number of nitrogens with zero attached hydrogens (tertiary/aromatic N) is 1. The normalized spacial score (nSPS) is 19.3. The summed E-state index contributed by atoms with van der Waals surface area (Å²) in [5.74, 6) is -0.193. The summed E-state index contributed by atoms with van der Waals surface area (Å²) >= 11 is 0. The molecule has 1 heterocycles. The first-order valence-corrected chi connectivity index (χ1v) is 8.18. The number of benzene rings is 1. The van der Waals surface area contributed by atoms with Gasteiger partial charge in [-0.1, -0.05) is 0 Å². The molecule has 1 saturated carbocycles. The van der Waals surface area contributed by atoms with Crippen LogP contribution in [0.3, 0.4) is 0 Å². The molecule has 1 aromatic carbocycles. The van der Waals surface area contributed by atoms with Crippen LogP contribution < -0.4 is 10.6 Å². The van der Waals surface area contributed by atoms with Crippen LogP contribution in [0.5, 0.6) is 0 Å². The summed E-state index contributed by atoms with van der Waals surface area (Å²) in [6.45, 7) is 1.80. The summed E-state index contributed by atoms with van der Waals surface area (Å²) in [5.41, 5.74) is 0.593. The number of amides is 2. The van der Waals surface area contributed by atoms with E-state index in [1.165, 1.54) is 12.1 Å². The Kier molecular flexibility index (Phi) is 4.91. The Morgan fingerprint density at radius 1 is 1.09 bits per heavy atom. The van der Waals surface area contributed by atoms with Gasteiger partial charge >= 0.3 is 0 Å². The number of rotatable bonds is 5. The maximum Gasteiger partial charge on any atom is 0.238 e. The van der Waals surface area contributed by atoms with Gasteiger partial charge < -0.3 is 10.6 Å². The molecular formula is C17H22FN3O2. The van der Waals surface area contributed by atoms with Crippen molar-refractivity contribution in [1.82, 2.24) is 10.2 Å². The van der Waals surface area contributed by atoms with Crippen LogP contribution >= 0.6 is 0 Å². The molecule has 2 fully saturated rings. The van der Waals surface area contributed by atoms with Crippen LogP contribution in [-0.2, 0) is 9.59 Å². The van der Waals surface area contributed by atoms with E-state index in [9.17, 15) is 14.0 Å². The van der Waals surface area contributed by atoms with Crippen LogP contribution in [0.2, 0.25) is 0 Å². The molecule has 1 aromatic rings. The lowest BCUT2D eigenvalue weighted by molar-refractivity contribution is -0.126. The monoisotopic (exact) mass is 319 g/mol. The lowest BCUT2D eigenvalue weighted by Gasteiger charge is -2.30.